The van der Waals surface area contributed by atoms with E-state index in [4.69, 9.17) is 0 Å². The van der Waals surface area contributed by atoms with Crippen LogP contribution in [0.25, 0.3) is 0 Å². The molecule has 0 radical (unpaired) electrons. The van der Waals surface area contributed by atoms with Crippen LogP contribution in [0.1, 0.15) is 57.4 Å². The summed E-state index contributed by atoms with van der Waals surface area (Å²) in [5.41, 5.74) is 2.69. The SMILES string of the molecule is CC(C)C(=O)C1=C(O)C(=O)N(Cc2ccc(F)cc2)C1c1ccc(C(C)(C)C)cc1. The van der Waals surface area contributed by atoms with Crippen molar-refractivity contribution in [1.82, 2.24) is 4.90 Å². The number of ketones is 1. The molecule has 0 spiro atoms. The molecule has 1 aliphatic rings. The molecule has 30 heavy (non-hydrogen) atoms. The van der Waals surface area contributed by atoms with Gasteiger partial charge in [0.2, 0.25) is 0 Å². The summed E-state index contributed by atoms with van der Waals surface area (Å²) in [6.07, 6.45) is 0. The quantitative estimate of drug-likeness (QED) is 0.734. The summed E-state index contributed by atoms with van der Waals surface area (Å²) < 4.78 is 13.3. The molecule has 0 saturated carbocycles. The largest absolute Gasteiger partial charge is 0.503 e. The number of nitrogens with zero attached hydrogens (tertiary/aromatic N) is 1. The summed E-state index contributed by atoms with van der Waals surface area (Å²) in [5.74, 6) is -2.07. The van der Waals surface area contributed by atoms with E-state index >= 15 is 0 Å². The van der Waals surface area contributed by atoms with E-state index in [1.54, 1.807) is 26.0 Å². The maximum Gasteiger partial charge on any atom is 0.290 e. The Morgan fingerprint density at radius 1 is 1.07 bits per heavy atom. The molecule has 158 valence electrons. The number of carbonyl (C=O) groups is 2. The van der Waals surface area contributed by atoms with E-state index in [9.17, 15) is 19.1 Å². The predicted octanol–water partition coefficient (Wildman–Crippen LogP) is 5.24. The molecule has 0 bridgehead atoms. The maximum atomic E-state index is 13.3. The third-order valence-corrected chi connectivity index (χ3v) is 5.45. The van der Waals surface area contributed by atoms with Crippen LogP contribution in [0.4, 0.5) is 4.39 Å². The normalized spacial score (nSPS) is 17.2. The van der Waals surface area contributed by atoms with Crippen molar-refractivity contribution >= 4 is 11.7 Å². The van der Waals surface area contributed by atoms with Crippen molar-refractivity contribution in [1.29, 1.82) is 0 Å². The van der Waals surface area contributed by atoms with Crippen molar-refractivity contribution in [2.24, 2.45) is 5.92 Å². The maximum absolute atomic E-state index is 13.3. The highest BCUT2D eigenvalue weighted by molar-refractivity contribution is 6.09. The second kappa shape index (κ2) is 8.05. The Labute approximate surface area is 177 Å². The summed E-state index contributed by atoms with van der Waals surface area (Å²) in [5, 5.41) is 10.6. The molecule has 1 unspecified atom stereocenters. The Morgan fingerprint density at radius 2 is 1.63 bits per heavy atom. The second-order valence-electron chi connectivity index (χ2n) is 9.12. The monoisotopic (exact) mass is 409 g/mol. The fourth-order valence-electron chi connectivity index (χ4n) is 3.68. The number of halogens is 1. The number of benzene rings is 2. The van der Waals surface area contributed by atoms with Crippen molar-refractivity contribution in [3.63, 3.8) is 0 Å². The highest BCUT2D eigenvalue weighted by atomic mass is 19.1. The van der Waals surface area contributed by atoms with E-state index in [-0.39, 0.29) is 35.1 Å². The molecule has 5 heteroatoms. The van der Waals surface area contributed by atoms with E-state index < -0.39 is 17.7 Å². The molecule has 1 amide bonds. The summed E-state index contributed by atoms with van der Waals surface area (Å²) in [6, 6.07) is 13.0. The molecular formula is C25H28FNO3. The molecule has 1 atom stereocenters. The van der Waals surface area contributed by atoms with Crippen molar-refractivity contribution in [2.45, 2.75) is 52.6 Å². The van der Waals surface area contributed by atoms with Gasteiger partial charge in [0.15, 0.2) is 11.5 Å². The second-order valence-corrected chi connectivity index (χ2v) is 9.12. The lowest BCUT2D eigenvalue weighted by molar-refractivity contribution is -0.130. The lowest BCUT2D eigenvalue weighted by Crippen LogP contribution is -2.31. The molecule has 1 N–H and O–H groups in total. The van der Waals surface area contributed by atoms with Crippen LogP contribution in [0.15, 0.2) is 59.9 Å². The highest BCUT2D eigenvalue weighted by Crippen LogP contribution is 2.40. The number of hydrogen-bond donors (Lipinski definition) is 1. The third-order valence-electron chi connectivity index (χ3n) is 5.45. The molecule has 0 aromatic heterocycles. The van der Waals surface area contributed by atoms with Crippen molar-refractivity contribution < 1.29 is 19.1 Å². The Kier molecular flexibility index (Phi) is 5.84. The first-order valence-corrected chi connectivity index (χ1v) is 10.1. The number of hydrogen-bond acceptors (Lipinski definition) is 3. The number of rotatable bonds is 5. The minimum absolute atomic E-state index is 0.0353. The van der Waals surface area contributed by atoms with Crippen molar-refractivity contribution in [3.8, 4) is 0 Å². The Hall–Kier alpha value is -2.95. The third kappa shape index (κ3) is 4.16. The van der Waals surface area contributed by atoms with Crippen LogP contribution >= 0.6 is 0 Å². The number of carbonyl (C=O) groups excluding carboxylic acids is 2. The van der Waals surface area contributed by atoms with Crippen LogP contribution in [-0.4, -0.2) is 21.7 Å². The minimum Gasteiger partial charge on any atom is -0.503 e. The zero-order valence-electron chi connectivity index (χ0n) is 18.1. The van der Waals surface area contributed by atoms with E-state index in [1.807, 2.05) is 24.3 Å². The van der Waals surface area contributed by atoms with Gasteiger partial charge in [0.1, 0.15) is 5.82 Å². The standard InChI is InChI=1S/C25H28FNO3/c1-15(2)22(28)20-21(17-8-10-18(11-9-17)25(3,4)5)27(24(30)23(20)29)14-16-6-12-19(26)13-7-16/h6-13,15,21,29H,14H2,1-5H3. The van der Waals surface area contributed by atoms with E-state index in [0.29, 0.717) is 5.56 Å². The lowest BCUT2D eigenvalue weighted by atomic mass is 9.85. The first kappa shape index (κ1) is 21.8. The number of aliphatic hydroxyl groups excluding tert-OH is 1. The van der Waals surface area contributed by atoms with Crippen LogP contribution in [0.2, 0.25) is 0 Å². The molecule has 0 saturated heterocycles. The average molecular weight is 410 g/mol. The molecular weight excluding hydrogens is 381 g/mol. The van der Waals surface area contributed by atoms with Gasteiger partial charge in [-0.25, -0.2) is 4.39 Å². The molecule has 4 nitrogen and oxygen atoms in total. The van der Waals surface area contributed by atoms with Gasteiger partial charge in [-0.05, 0) is 34.2 Å². The fraction of sp³-hybridized carbons (Fsp3) is 0.360. The summed E-state index contributed by atoms with van der Waals surface area (Å²) >= 11 is 0. The van der Waals surface area contributed by atoms with Gasteiger partial charge in [-0.3, -0.25) is 9.59 Å². The number of amides is 1. The zero-order valence-corrected chi connectivity index (χ0v) is 18.1. The van der Waals surface area contributed by atoms with Gasteiger partial charge in [-0.2, -0.15) is 0 Å². The number of Topliss-reactive ketones (excluding diaryl/α,β-unsaturated/α-hetero) is 1. The van der Waals surface area contributed by atoms with Gasteiger partial charge in [0.05, 0.1) is 11.6 Å². The Bertz CT molecular complexity index is 983. The van der Waals surface area contributed by atoms with Crippen LogP contribution in [0, 0.1) is 11.7 Å². The van der Waals surface area contributed by atoms with Gasteiger partial charge < -0.3 is 10.0 Å². The van der Waals surface area contributed by atoms with Crippen LogP contribution in [0.3, 0.4) is 0 Å². The first-order valence-electron chi connectivity index (χ1n) is 10.1. The zero-order chi connectivity index (χ0) is 22.2. The Morgan fingerprint density at radius 3 is 2.13 bits per heavy atom. The first-order chi connectivity index (χ1) is 14.0. The van der Waals surface area contributed by atoms with Gasteiger partial charge in [0, 0.05) is 12.5 Å². The molecule has 1 heterocycles. The van der Waals surface area contributed by atoms with Crippen molar-refractivity contribution in [3.05, 3.63) is 82.4 Å². The van der Waals surface area contributed by atoms with Gasteiger partial charge in [0.25, 0.3) is 5.91 Å². The fourth-order valence-corrected chi connectivity index (χ4v) is 3.68. The molecule has 0 aliphatic carbocycles. The molecule has 3 rings (SSSR count). The van der Waals surface area contributed by atoms with E-state index in [0.717, 1.165) is 11.1 Å². The lowest BCUT2D eigenvalue weighted by Gasteiger charge is -2.28. The minimum atomic E-state index is -0.688. The molecule has 2 aromatic rings. The molecule has 2 aromatic carbocycles. The summed E-state index contributed by atoms with van der Waals surface area (Å²) in [4.78, 5) is 27.3. The topological polar surface area (TPSA) is 57.6 Å². The molecule has 1 aliphatic heterocycles. The average Bonchev–Trinajstić information content (AvgIpc) is 2.93. The van der Waals surface area contributed by atoms with Crippen LogP contribution in [0.5, 0.6) is 0 Å². The number of aliphatic hydroxyl groups is 1. The summed E-state index contributed by atoms with van der Waals surface area (Å²) in [6.45, 7) is 9.98. The smallest absolute Gasteiger partial charge is 0.290 e. The van der Waals surface area contributed by atoms with E-state index in [2.05, 4.69) is 20.8 Å². The van der Waals surface area contributed by atoms with Crippen LogP contribution in [-0.2, 0) is 21.5 Å². The predicted molar refractivity (Wildman–Crippen MR) is 114 cm³/mol. The van der Waals surface area contributed by atoms with Gasteiger partial charge >= 0.3 is 0 Å². The summed E-state index contributed by atoms with van der Waals surface area (Å²) in [7, 11) is 0. The van der Waals surface area contributed by atoms with Gasteiger partial charge in [-0.1, -0.05) is 71.0 Å². The molecule has 0 fully saturated rings. The van der Waals surface area contributed by atoms with Crippen molar-refractivity contribution in [2.75, 3.05) is 0 Å². The Balaban J connectivity index is 2.06. The highest BCUT2D eigenvalue weighted by Gasteiger charge is 2.43. The van der Waals surface area contributed by atoms with Crippen LogP contribution < -0.4 is 0 Å². The van der Waals surface area contributed by atoms with E-state index in [1.165, 1.54) is 17.0 Å². The van der Waals surface area contributed by atoms with Gasteiger partial charge in [-0.15, -0.1) is 0 Å².